The molecule has 0 saturated carbocycles. The van der Waals surface area contributed by atoms with Crippen LogP contribution >= 0.6 is 0 Å². The van der Waals surface area contributed by atoms with Gasteiger partial charge in [-0.15, -0.1) is 0 Å². The molecular formula is C53H64O6. The van der Waals surface area contributed by atoms with Crippen molar-refractivity contribution >= 4 is 11.6 Å². The van der Waals surface area contributed by atoms with Crippen LogP contribution in [0.3, 0.4) is 0 Å². The van der Waals surface area contributed by atoms with E-state index in [-0.39, 0.29) is 17.5 Å². The Morgan fingerprint density at radius 2 is 1.08 bits per heavy atom. The van der Waals surface area contributed by atoms with Gasteiger partial charge in [0.15, 0.2) is 11.6 Å². The fraction of sp³-hybridized carbons (Fsp3) is 0.434. The van der Waals surface area contributed by atoms with Gasteiger partial charge in [0.05, 0.1) is 13.2 Å². The summed E-state index contributed by atoms with van der Waals surface area (Å²) in [5.74, 6) is 1.51. The lowest BCUT2D eigenvalue weighted by Crippen LogP contribution is -2.37. The van der Waals surface area contributed by atoms with Crippen molar-refractivity contribution < 1.29 is 28.5 Å². The summed E-state index contributed by atoms with van der Waals surface area (Å²) >= 11 is 0. The third-order valence-electron chi connectivity index (χ3n) is 12.4. The second-order valence-electron chi connectivity index (χ2n) is 18.6. The maximum Gasteiger partial charge on any atom is 0.186 e. The van der Waals surface area contributed by atoms with Crippen molar-refractivity contribution in [3.63, 3.8) is 0 Å². The predicted molar refractivity (Wildman–Crippen MR) is 238 cm³/mol. The summed E-state index contributed by atoms with van der Waals surface area (Å²) in [7, 11) is 0. The molecule has 0 spiro atoms. The number of hydrogen-bond donors (Lipinski definition) is 0. The first kappa shape index (κ1) is 43.8. The van der Waals surface area contributed by atoms with E-state index in [0.717, 1.165) is 30.8 Å². The van der Waals surface area contributed by atoms with E-state index in [1.54, 1.807) is 27.7 Å². The monoisotopic (exact) mass is 796 g/mol. The van der Waals surface area contributed by atoms with Gasteiger partial charge in [-0.1, -0.05) is 79.9 Å². The third-order valence-corrected chi connectivity index (χ3v) is 12.4. The molecule has 0 saturated heterocycles. The van der Waals surface area contributed by atoms with Gasteiger partial charge in [-0.05, 0) is 163 Å². The summed E-state index contributed by atoms with van der Waals surface area (Å²) in [5.41, 5.74) is 6.16. The molecular weight excluding hydrogens is 733 g/mol. The normalized spacial score (nSPS) is 16.4. The quantitative estimate of drug-likeness (QED) is 0.0880. The van der Waals surface area contributed by atoms with Gasteiger partial charge in [-0.25, -0.2) is 0 Å². The molecule has 2 aliphatic rings. The standard InChI is InChI=1S/C53H64O6/c1-11-47(54)51(7,8)56-32-30-49(3,4)58-42-26-22-40(23-27-42)53(41-24-28-43(29-25-41)59-50(5,6)31-33-57-52(9,10)48(55)12-2)36-45(37-18-14-13-15-19-37)44-34-38-20-16-17-21-39(38)35-46(44)53/h11-15,18-19,22-29,34-35,45H,1-2,16-17,20-21,30-33,36H2,3-10H3. The zero-order chi connectivity index (χ0) is 42.6. The van der Waals surface area contributed by atoms with Crippen LogP contribution in [0.4, 0.5) is 0 Å². The van der Waals surface area contributed by atoms with Crippen LogP contribution in [0.25, 0.3) is 0 Å². The molecule has 0 aromatic heterocycles. The van der Waals surface area contributed by atoms with E-state index in [4.69, 9.17) is 18.9 Å². The van der Waals surface area contributed by atoms with Gasteiger partial charge in [-0.3, -0.25) is 9.59 Å². The first-order valence-corrected chi connectivity index (χ1v) is 21.3. The number of fused-ring (bicyclic) bond motifs is 2. The molecule has 0 N–H and O–H groups in total. The molecule has 59 heavy (non-hydrogen) atoms. The lowest BCUT2D eigenvalue weighted by Gasteiger charge is -2.34. The lowest BCUT2D eigenvalue weighted by molar-refractivity contribution is -0.136. The molecule has 6 rings (SSSR count). The smallest absolute Gasteiger partial charge is 0.186 e. The van der Waals surface area contributed by atoms with Gasteiger partial charge in [0.2, 0.25) is 0 Å². The Bertz CT molecular complexity index is 2030. The summed E-state index contributed by atoms with van der Waals surface area (Å²) in [5, 5.41) is 0. The van der Waals surface area contributed by atoms with Crippen molar-refractivity contribution in [3.8, 4) is 11.5 Å². The molecule has 6 heteroatoms. The molecule has 0 radical (unpaired) electrons. The van der Waals surface area contributed by atoms with Crippen LogP contribution in [0.5, 0.6) is 11.5 Å². The Balaban J connectivity index is 1.33. The summed E-state index contributed by atoms with van der Waals surface area (Å²) in [6.45, 7) is 23.3. The molecule has 6 nitrogen and oxygen atoms in total. The third kappa shape index (κ3) is 9.82. The van der Waals surface area contributed by atoms with E-state index < -0.39 is 27.8 Å². The van der Waals surface area contributed by atoms with Crippen molar-refractivity contribution in [1.29, 1.82) is 0 Å². The Morgan fingerprint density at radius 3 is 1.53 bits per heavy atom. The highest BCUT2D eigenvalue weighted by molar-refractivity contribution is 5.96. The Hall–Kier alpha value is -4.78. The zero-order valence-electron chi connectivity index (χ0n) is 36.6. The largest absolute Gasteiger partial charge is 0.488 e. The highest BCUT2D eigenvalue weighted by Crippen LogP contribution is 2.57. The number of ketones is 2. The Labute approximate surface area is 353 Å². The van der Waals surface area contributed by atoms with Crippen LogP contribution < -0.4 is 9.47 Å². The van der Waals surface area contributed by atoms with Crippen LogP contribution in [-0.4, -0.2) is 47.2 Å². The van der Waals surface area contributed by atoms with Crippen LogP contribution in [0, 0.1) is 0 Å². The first-order valence-electron chi connectivity index (χ1n) is 21.3. The minimum atomic E-state index is -0.928. The van der Waals surface area contributed by atoms with Crippen molar-refractivity contribution in [2.24, 2.45) is 0 Å². The molecule has 1 unspecified atom stereocenters. The SMILES string of the molecule is C=CC(=O)C(C)(C)OCCC(C)(C)Oc1ccc(C2(c3ccc(OC(C)(C)CCOC(C)(C)C(=O)C=C)cc3)CC(c3ccccc3)c3cc4c(cc32)CCCC4)cc1. The van der Waals surface area contributed by atoms with Crippen LogP contribution in [0.15, 0.2) is 116 Å². The van der Waals surface area contributed by atoms with Crippen molar-refractivity contribution in [3.05, 3.63) is 155 Å². The lowest BCUT2D eigenvalue weighted by atomic mass is 9.69. The van der Waals surface area contributed by atoms with E-state index in [1.807, 2.05) is 0 Å². The molecule has 0 amide bonds. The van der Waals surface area contributed by atoms with Gasteiger partial charge in [0.1, 0.15) is 33.9 Å². The fourth-order valence-electron chi connectivity index (χ4n) is 8.78. The highest BCUT2D eigenvalue weighted by Gasteiger charge is 2.47. The summed E-state index contributed by atoms with van der Waals surface area (Å²) in [4.78, 5) is 24.5. The molecule has 312 valence electrons. The Morgan fingerprint density at radius 1 is 0.644 bits per heavy atom. The number of hydrogen-bond acceptors (Lipinski definition) is 6. The minimum Gasteiger partial charge on any atom is -0.488 e. The maximum absolute atomic E-state index is 12.3. The molecule has 0 bridgehead atoms. The molecule has 4 aromatic carbocycles. The molecule has 0 heterocycles. The van der Waals surface area contributed by atoms with Crippen LogP contribution in [-0.2, 0) is 37.3 Å². The summed E-state index contributed by atoms with van der Waals surface area (Å²) in [6, 6.07) is 33.4. The van der Waals surface area contributed by atoms with Gasteiger partial charge in [0.25, 0.3) is 0 Å². The molecule has 2 aliphatic carbocycles. The van der Waals surface area contributed by atoms with E-state index in [9.17, 15) is 9.59 Å². The maximum atomic E-state index is 12.3. The van der Waals surface area contributed by atoms with Crippen molar-refractivity contribution in [2.75, 3.05) is 13.2 Å². The number of ether oxygens (including phenoxy) is 4. The summed E-state index contributed by atoms with van der Waals surface area (Å²) < 4.78 is 25.1. The number of carbonyl (C=O) groups is 2. The second kappa shape index (κ2) is 17.4. The topological polar surface area (TPSA) is 71.1 Å². The first-order chi connectivity index (χ1) is 27.9. The van der Waals surface area contributed by atoms with E-state index in [1.165, 1.54) is 63.9 Å². The Kier molecular flexibility index (Phi) is 12.9. The van der Waals surface area contributed by atoms with Crippen LogP contribution in [0.1, 0.15) is 132 Å². The number of carbonyl (C=O) groups excluding carboxylic acids is 2. The van der Waals surface area contributed by atoms with Crippen molar-refractivity contribution in [1.82, 2.24) is 0 Å². The predicted octanol–water partition coefficient (Wildman–Crippen LogP) is 11.6. The summed E-state index contributed by atoms with van der Waals surface area (Å²) in [6.07, 6.45) is 9.40. The van der Waals surface area contributed by atoms with E-state index >= 15 is 0 Å². The van der Waals surface area contributed by atoms with Crippen LogP contribution in [0.2, 0.25) is 0 Å². The highest BCUT2D eigenvalue weighted by atomic mass is 16.5. The fourth-order valence-corrected chi connectivity index (χ4v) is 8.78. The van der Waals surface area contributed by atoms with Gasteiger partial charge in [-0.2, -0.15) is 0 Å². The second-order valence-corrected chi connectivity index (χ2v) is 18.6. The average Bonchev–Trinajstić information content (AvgIpc) is 3.54. The van der Waals surface area contributed by atoms with Gasteiger partial charge in [0, 0.05) is 24.2 Å². The minimum absolute atomic E-state index is 0.139. The average molecular weight is 797 g/mol. The van der Waals surface area contributed by atoms with Crippen molar-refractivity contribution in [2.45, 2.75) is 134 Å². The molecule has 0 aliphatic heterocycles. The van der Waals surface area contributed by atoms with Gasteiger partial charge < -0.3 is 18.9 Å². The number of rotatable bonds is 19. The zero-order valence-corrected chi connectivity index (χ0v) is 36.6. The number of benzene rings is 4. The van der Waals surface area contributed by atoms with E-state index in [0.29, 0.717) is 26.1 Å². The number of aryl methyl sites for hydroxylation is 2. The molecule has 4 aromatic rings. The molecule has 1 atom stereocenters. The van der Waals surface area contributed by atoms with Gasteiger partial charge >= 0.3 is 0 Å². The van der Waals surface area contributed by atoms with E-state index in [2.05, 4.69) is 132 Å². The molecule has 0 fully saturated rings.